The van der Waals surface area contributed by atoms with Crippen LogP contribution in [0.1, 0.15) is 28.7 Å². The smallest absolute Gasteiger partial charge is 0.411 e. The number of rotatable bonds is 11. The third-order valence-electron chi connectivity index (χ3n) is 4.57. The minimum Gasteiger partial charge on any atom is -0.411 e. The van der Waals surface area contributed by atoms with Gasteiger partial charge in [0.25, 0.3) is 5.22 Å². The van der Waals surface area contributed by atoms with E-state index in [-0.39, 0.29) is 6.61 Å². The molecular weight excluding hydrogens is 421 g/mol. The van der Waals surface area contributed by atoms with Crippen molar-refractivity contribution in [2.75, 3.05) is 13.2 Å². The van der Waals surface area contributed by atoms with Gasteiger partial charge in [0.1, 0.15) is 6.61 Å². The Morgan fingerprint density at radius 3 is 2.60 bits per heavy atom. The van der Waals surface area contributed by atoms with Crippen molar-refractivity contribution in [1.29, 1.82) is 0 Å². The second kappa shape index (κ2) is 11.3. The summed E-state index contributed by atoms with van der Waals surface area (Å²) >= 11 is 1.53. The standard InChI is InChI=1S/C21H24N3O4PS/c1-15-4-5-18(12-16(15)2)14-30-21-24-23-20(28-21)19-8-6-17(7-9-19)13-22-10-3-11-27-29(25)26/h4-9,12,22H,3,10-11,13-14H2,1-2H3/p+1. The molecule has 3 rings (SSSR count). The maximum atomic E-state index is 10.4. The maximum absolute atomic E-state index is 10.4. The number of nitrogens with one attached hydrogen (secondary N) is 1. The SMILES string of the molecule is Cc1ccc(CSc2nnc(-c3ccc(CNCCCO[P+](=O)O)cc3)o2)cc1C. The van der Waals surface area contributed by atoms with E-state index in [0.29, 0.717) is 30.6 Å². The van der Waals surface area contributed by atoms with Gasteiger partial charge in [0, 0.05) is 22.4 Å². The van der Waals surface area contributed by atoms with Crippen LogP contribution in [-0.4, -0.2) is 28.2 Å². The second-order valence-corrected chi connectivity index (χ2v) is 8.54. The molecule has 0 amide bonds. The first-order chi connectivity index (χ1) is 14.5. The van der Waals surface area contributed by atoms with Crippen molar-refractivity contribution in [2.45, 2.75) is 37.8 Å². The molecule has 30 heavy (non-hydrogen) atoms. The molecule has 1 aromatic heterocycles. The van der Waals surface area contributed by atoms with Gasteiger partial charge in [-0.2, -0.15) is 0 Å². The van der Waals surface area contributed by atoms with E-state index >= 15 is 0 Å². The van der Waals surface area contributed by atoms with Gasteiger partial charge in [-0.3, -0.25) is 0 Å². The summed E-state index contributed by atoms with van der Waals surface area (Å²) in [5, 5.41) is 12.1. The van der Waals surface area contributed by atoms with Gasteiger partial charge in [-0.15, -0.1) is 19.6 Å². The van der Waals surface area contributed by atoms with Gasteiger partial charge >= 0.3 is 8.25 Å². The zero-order valence-corrected chi connectivity index (χ0v) is 18.7. The monoisotopic (exact) mass is 446 g/mol. The quantitative estimate of drug-likeness (QED) is 0.246. The van der Waals surface area contributed by atoms with Crippen LogP contribution in [-0.2, 0) is 21.4 Å². The first kappa shape index (κ1) is 22.6. The fourth-order valence-electron chi connectivity index (χ4n) is 2.76. The summed E-state index contributed by atoms with van der Waals surface area (Å²) in [7, 11) is -2.51. The molecule has 158 valence electrons. The molecule has 2 aromatic carbocycles. The first-order valence-electron chi connectivity index (χ1n) is 9.63. The van der Waals surface area contributed by atoms with E-state index in [0.717, 1.165) is 16.9 Å². The topological polar surface area (TPSA) is 97.5 Å². The Balaban J connectivity index is 1.46. The van der Waals surface area contributed by atoms with Gasteiger partial charge in [-0.05, 0) is 61.2 Å². The highest BCUT2D eigenvalue weighted by Crippen LogP contribution is 2.26. The Morgan fingerprint density at radius 2 is 1.87 bits per heavy atom. The predicted octanol–water partition coefficient (Wildman–Crippen LogP) is 4.79. The Kier molecular flexibility index (Phi) is 8.54. The summed E-state index contributed by atoms with van der Waals surface area (Å²) in [6.45, 7) is 5.89. The molecule has 1 atom stereocenters. The molecule has 0 fully saturated rings. The molecule has 9 heteroatoms. The van der Waals surface area contributed by atoms with Crippen LogP contribution in [0, 0.1) is 13.8 Å². The van der Waals surface area contributed by atoms with Gasteiger partial charge in [-0.25, -0.2) is 0 Å². The van der Waals surface area contributed by atoms with Crippen molar-refractivity contribution in [3.63, 3.8) is 0 Å². The van der Waals surface area contributed by atoms with Crippen LogP contribution in [0.25, 0.3) is 11.5 Å². The molecule has 3 aromatic rings. The first-order valence-corrected chi connectivity index (χ1v) is 11.7. The summed E-state index contributed by atoms with van der Waals surface area (Å²) in [4.78, 5) is 8.56. The fourth-order valence-corrected chi connectivity index (χ4v) is 3.75. The van der Waals surface area contributed by atoms with Crippen LogP contribution in [0.3, 0.4) is 0 Å². The zero-order chi connectivity index (χ0) is 21.3. The molecule has 0 aliphatic rings. The third-order valence-corrected chi connectivity index (χ3v) is 5.86. The van der Waals surface area contributed by atoms with Gasteiger partial charge in [-0.1, -0.05) is 42.1 Å². The lowest BCUT2D eigenvalue weighted by Gasteiger charge is -2.04. The minimum absolute atomic E-state index is 0.263. The van der Waals surface area contributed by atoms with Crippen molar-refractivity contribution in [3.05, 3.63) is 64.7 Å². The molecule has 2 N–H and O–H groups in total. The van der Waals surface area contributed by atoms with Crippen LogP contribution in [0.5, 0.6) is 0 Å². The number of hydrogen-bond donors (Lipinski definition) is 2. The van der Waals surface area contributed by atoms with Gasteiger partial charge in [0.2, 0.25) is 5.89 Å². The summed E-state index contributed by atoms with van der Waals surface area (Å²) in [6.07, 6.45) is 0.671. The number of nitrogens with zero attached hydrogens (tertiary/aromatic N) is 2. The van der Waals surface area contributed by atoms with Crippen molar-refractivity contribution in [3.8, 4) is 11.5 Å². The molecule has 0 radical (unpaired) electrons. The molecule has 0 aliphatic carbocycles. The zero-order valence-electron chi connectivity index (χ0n) is 17.0. The van der Waals surface area contributed by atoms with Crippen LogP contribution >= 0.6 is 20.0 Å². The van der Waals surface area contributed by atoms with E-state index in [2.05, 4.69) is 52.1 Å². The number of aryl methyl sites for hydroxylation is 2. The van der Waals surface area contributed by atoms with Crippen LogP contribution < -0.4 is 5.32 Å². The lowest BCUT2D eigenvalue weighted by Crippen LogP contribution is -2.15. The van der Waals surface area contributed by atoms with Gasteiger partial charge in [0.05, 0.1) is 0 Å². The average Bonchev–Trinajstić information content (AvgIpc) is 3.21. The molecule has 0 bridgehead atoms. The van der Waals surface area contributed by atoms with E-state index in [1.54, 1.807) is 0 Å². The van der Waals surface area contributed by atoms with E-state index in [1.165, 1.54) is 28.5 Å². The highest BCUT2D eigenvalue weighted by atomic mass is 32.2. The van der Waals surface area contributed by atoms with Crippen LogP contribution in [0.2, 0.25) is 0 Å². The van der Waals surface area contributed by atoms with E-state index in [4.69, 9.17) is 9.31 Å². The van der Waals surface area contributed by atoms with Crippen LogP contribution in [0.15, 0.2) is 52.1 Å². The maximum Gasteiger partial charge on any atom is 0.694 e. The number of aromatic nitrogens is 2. The Bertz CT molecular complexity index is 979. The molecule has 0 saturated heterocycles. The highest BCUT2D eigenvalue weighted by molar-refractivity contribution is 7.98. The summed E-state index contributed by atoms with van der Waals surface area (Å²) in [5.74, 6) is 1.29. The summed E-state index contributed by atoms with van der Waals surface area (Å²) in [6, 6.07) is 14.4. The number of benzene rings is 2. The molecular formula is C21H25N3O4PS+. The normalized spacial score (nSPS) is 11.6. The predicted molar refractivity (Wildman–Crippen MR) is 117 cm³/mol. The molecule has 0 aliphatic heterocycles. The number of hydrogen-bond acceptors (Lipinski definition) is 7. The highest BCUT2D eigenvalue weighted by Gasteiger charge is 2.11. The summed E-state index contributed by atoms with van der Waals surface area (Å²) < 4.78 is 20.8. The van der Waals surface area contributed by atoms with Crippen molar-refractivity contribution >= 4 is 20.0 Å². The number of thioether (sulfide) groups is 1. The van der Waals surface area contributed by atoms with Crippen molar-refractivity contribution in [1.82, 2.24) is 15.5 Å². The van der Waals surface area contributed by atoms with Gasteiger partial charge < -0.3 is 9.73 Å². The van der Waals surface area contributed by atoms with Crippen LogP contribution in [0.4, 0.5) is 0 Å². The Labute approximate surface area is 181 Å². The molecule has 0 spiro atoms. The third kappa shape index (κ3) is 7.00. The lowest BCUT2D eigenvalue weighted by atomic mass is 10.1. The average molecular weight is 446 g/mol. The Morgan fingerprint density at radius 1 is 1.10 bits per heavy atom. The molecule has 1 heterocycles. The second-order valence-electron chi connectivity index (χ2n) is 6.88. The minimum atomic E-state index is -2.51. The molecule has 0 saturated carbocycles. The fraction of sp³-hybridized carbons (Fsp3) is 0.333. The molecule has 7 nitrogen and oxygen atoms in total. The van der Waals surface area contributed by atoms with Gasteiger partial charge in [0.15, 0.2) is 0 Å². The Hall–Kier alpha value is -2.09. The lowest BCUT2D eigenvalue weighted by molar-refractivity contribution is 0.276. The van der Waals surface area contributed by atoms with E-state index < -0.39 is 8.25 Å². The van der Waals surface area contributed by atoms with E-state index in [1.807, 2.05) is 24.3 Å². The molecule has 1 unspecified atom stereocenters. The van der Waals surface area contributed by atoms with Crippen molar-refractivity contribution < 1.29 is 18.4 Å². The van der Waals surface area contributed by atoms with Crippen molar-refractivity contribution in [2.24, 2.45) is 0 Å². The summed E-state index contributed by atoms with van der Waals surface area (Å²) in [5.41, 5.74) is 5.80. The van der Waals surface area contributed by atoms with E-state index in [9.17, 15) is 4.57 Å². The largest absolute Gasteiger partial charge is 0.694 e.